The van der Waals surface area contributed by atoms with Crippen molar-refractivity contribution in [3.8, 4) is 0 Å². The fourth-order valence-electron chi connectivity index (χ4n) is 2.22. The number of nitrogens with one attached hydrogen (secondary N) is 1. The van der Waals surface area contributed by atoms with Gasteiger partial charge in [-0.3, -0.25) is 14.9 Å². The number of hydrogen-bond acceptors (Lipinski definition) is 4. The van der Waals surface area contributed by atoms with E-state index in [1.54, 1.807) is 54.6 Å². The predicted octanol–water partition coefficient (Wildman–Crippen LogP) is 2.94. The molecule has 20 heavy (non-hydrogen) atoms. The molecule has 0 amide bonds. The lowest BCUT2D eigenvalue weighted by molar-refractivity contribution is -0.376. The van der Waals surface area contributed by atoms with E-state index in [1.807, 2.05) is 0 Å². The van der Waals surface area contributed by atoms with Crippen LogP contribution in [0.2, 0.25) is 0 Å². The first kappa shape index (κ1) is 12.1. The van der Waals surface area contributed by atoms with Crippen LogP contribution < -0.4 is 5.32 Å². The molecule has 0 unspecified atom stereocenters. The number of para-hydroxylation sites is 1. The van der Waals surface area contributed by atoms with Crippen molar-refractivity contribution in [3.63, 3.8) is 0 Å². The number of hydrogen-bond donors (Lipinski definition) is 1. The molecule has 0 saturated heterocycles. The molecule has 0 radical (unpaired) electrons. The highest BCUT2D eigenvalue weighted by atomic mass is 16.6. The van der Waals surface area contributed by atoms with Gasteiger partial charge in [-0.25, -0.2) is 0 Å². The van der Waals surface area contributed by atoms with Crippen molar-refractivity contribution >= 4 is 17.2 Å². The number of nitro groups is 1. The van der Waals surface area contributed by atoms with Crippen molar-refractivity contribution in [2.24, 2.45) is 0 Å². The lowest BCUT2D eigenvalue weighted by Gasteiger charge is -2.02. The molecule has 0 aromatic heterocycles. The molecular weight excluding hydrogens is 256 g/mol. The van der Waals surface area contributed by atoms with Crippen molar-refractivity contribution in [3.05, 3.63) is 81.5 Å². The van der Waals surface area contributed by atoms with Gasteiger partial charge in [-0.2, -0.15) is 0 Å². The molecule has 0 bridgehead atoms. The minimum atomic E-state index is -0.526. The molecule has 3 rings (SSSR count). The van der Waals surface area contributed by atoms with Gasteiger partial charge in [0.25, 0.3) is 0 Å². The summed E-state index contributed by atoms with van der Waals surface area (Å²) in [5, 5.41) is 14.2. The maximum absolute atomic E-state index is 12.3. The number of anilines is 1. The standard InChI is InChI=1S/C15H10N2O3/c18-15-11-8-4-5-9-12(11)16-13(15)14(17(19)20)10-6-2-1-3-7-10/h1-9,16H. The highest BCUT2D eigenvalue weighted by Crippen LogP contribution is 2.32. The first-order valence-electron chi connectivity index (χ1n) is 6.03. The van der Waals surface area contributed by atoms with Crippen molar-refractivity contribution in [2.75, 3.05) is 5.32 Å². The molecule has 0 spiro atoms. The summed E-state index contributed by atoms with van der Waals surface area (Å²) in [6, 6.07) is 15.3. The van der Waals surface area contributed by atoms with Crippen LogP contribution in [0.1, 0.15) is 15.9 Å². The van der Waals surface area contributed by atoms with Gasteiger partial charge in [0.1, 0.15) is 0 Å². The molecule has 5 nitrogen and oxygen atoms in total. The lowest BCUT2D eigenvalue weighted by atomic mass is 10.1. The van der Waals surface area contributed by atoms with Gasteiger partial charge in [0.2, 0.25) is 5.78 Å². The third-order valence-corrected chi connectivity index (χ3v) is 3.13. The summed E-state index contributed by atoms with van der Waals surface area (Å²) in [4.78, 5) is 23.1. The molecule has 1 heterocycles. The number of rotatable bonds is 2. The maximum Gasteiger partial charge on any atom is 0.303 e. The summed E-state index contributed by atoms with van der Waals surface area (Å²) >= 11 is 0. The summed E-state index contributed by atoms with van der Waals surface area (Å²) in [6.07, 6.45) is 0. The molecule has 0 atom stereocenters. The Morgan fingerprint density at radius 1 is 1.00 bits per heavy atom. The van der Waals surface area contributed by atoms with E-state index in [4.69, 9.17) is 0 Å². The van der Waals surface area contributed by atoms with Crippen LogP contribution in [0.3, 0.4) is 0 Å². The Bertz CT molecular complexity index is 736. The van der Waals surface area contributed by atoms with E-state index in [0.717, 1.165) is 0 Å². The number of fused-ring (bicyclic) bond motifs is 1. The first-order chi connectivity index (χ1) is 9.68. The fourth-order valence-corrected chi connectivity index (χ4v) is 2.22. The number of benzene rings is 2. The quantitative estimate of drug-likeness (QED) is 0.515. The van der Waals surface area contributed by atoms with E-state index in [-0.39, 0.29) is 17.2 Å². The predicted molar refractivity (Wildman–Crippen MR) is 74.8 cm³/mol. The Morgan fingerprint density at radius 3 is 2.30 bits per heavy atom. The number of ketones is 1. The van der Waals surface area contributed by atoms with E-state index in [0.29, 0.717) is 16.8 Å². The molecule has 0 fully saturated rings. The summed E-state index contributed by atoms with van der Waals surface area (Å²) < 4.78 is 0. The largest absolute Gasteiger partial charge is 0.346 e. The summed E-state index contributed by atoms with van der Waals surface area (Å²) in [5.74, 6) is -0.351. The van der Waals surface area contributed by atoms with E-state index >= 15 is 0 Å². The van der Waals surface area contributed by atoms with Crippen LogP contribution in [0, 0.1) is 10.1 Å². The third-order valence-electron chi connectivity index (χ3n) is 3.13. The molecule has 2 aromatic carbocycles. The second-order valence-corrected chi connectivity index (χ2v) is 4.35. The van der Waals surface area contributed by atoms with Gasteiger partial charge in [0, 0.05) is 5.56 Å². The van der Waals surface area contributed by atoms with Crippen molar-refractivity contribution in [2.45, 2.75) is 0 Å². The SMILES string of the molecule is O=C1C(=C(c2ccccc2)[N+](=O)[O-])Nc2ccccc21. The van der Waals surface area contributed by atoms with Gasteiger partial charge in [-0.1, -0.05) is 30.3 Å². The van der Waals surface area contributed by atoms with Crippen LogP contribution in [0.15, 0.2) is 60.3 Å². The summed E-state index contributed by atoms with van der Waals surface area (Å²) in [6.45, 7) is 0. The maximum atomic E-state index is 12.3. The van der Waals surface area contributed by atoms with Crippen molar-refractivity contribution < 1.29 is 9.72 Å². The van der Waals surface area contributed by atoms with E-state index in [9.17, 15) is 14.9 Å². The lowest BCUT2D eigenvalue weighted by Crippen LogP contribution is -2.10. The van der Waals surface area contributed by atoms with E-state index in [1.165, 1.54) is 0 Å². The molecule has 98 valence electrons. The van der Waals surface area contributed by atoms with Gasteiger partial charge in [0.15, 0.2) is 5.70 Å². The molecule has 1 aliphatic rings. The average Bonchev–Trinajstić information content (AvgIpc) is 2.78. The zero-order valence-electron chi connectivity index (χ0n) is 10.4. The summed E-state index contributed by atoms with van der Waals surface area (Å²) in [7, 11) is 0. The minimum Gasteiger partial charge on any atom is -0.346 e. The average molecular weight is 266 g/mol. The van der Waals surface area contributed by atoms with E-state index in [2.05, 4.69) is 5.32 Å². The van der Waals surface area contributed by atoms with Gasteiger partial charge >= 0.3 is 5.70 Å². The number of carbonyl (C=O) groups is 1. The van der Waals surface area contributed by atoms with Crippen LogP contribution in [0.25, 0.3) is 5.70 Å². The molecule has 1 aliphatic heterocycles. The van der Waals surface area contributed by atoms with Gasteiger partial charge in [-0.15, -0.1) is 0 Å². The number of nitrogens with zero attached hydrogens (tertiary/aromatic N) is 1. The van der Waals surface area contributed by atoms with Gasteiger partial charge in [-0.05, 0) is 24.3 Å². The first-order valence-corrected chi connectivity index (χ1v) is 6.03. The Kier molecular flexibility index (Phi) is 2.80. The highest BCUT2D eigenvalue weighted by molar-refractivity contribution is 6.21. The fraction of sp³-hybridized carbons (Fsp3) is 0. The van der Waals surface area contributed by atoms with Crippen LogP contribution >= 0.6 is 0 Å². The van der Waals surface area contributed by atoms with Crippen LogP contribution in [-0.4, -0.2) is 10.7 Å². The second kappa shape index (κ2) is 4.62. The third kappa shape index (κ3) is 1.85. The zero-order chi connectivity index (χ0) is 14.1. The molecule has 0 aliphatic carbocycles. The molecule has 0 saturated carbocycles. The number of allylic oxidation sites excluding steroid dienone is 1. The van der Waals surface area contributed by atoms with Crippen molar-refractivity contribution in [1.82, 2.24) is 0 Å². The number of Topliss-reactive ketones (excluding diaryl/α,β-unsaturated/α-hetero) is 1. The Morgan fingerprint density at radius 2 is 1.65 bits per heavy atom. The Labute approximate surface area is 114 Å². The van der Waals surface area contributed by atoms with Crippen molar-refractivity contribution in [1.29, 1.82) is 0 Å². The number of carbonyl (C=O) groups excluding carboxylic acids is 1. The monoisotopic (exact) mass is 266 g/mol. The van der Waals surface area contributed by atoms with Gasteiger partial charge in [0.05, 0.1) is 16.2 Å². The van der Waals surface area contributed by atoms with E-state index < -0.39 is 4.92 Å². The highest BCUT2D eigenvalue weighted by Gasteiger charge is 2.33. The van der Waals surface area contributed by atoms with Crippen LogP contribution in [0.4, 0.5) is 5.69 Å². The smallest absolute Gasteiger partial charge is 0.303 e. The normalized spacial score (nSPS) is 15.5. The van der Waals surface area contributed by atoms with Gasteiger partial charge < -0.3 is 5.32 Å². The Balaban J connectivity index is 2.18. The minimum absolute atomic E-state index is 0.0161. The summed E-state index contributed by atoms with van der Waals surface area (Å²) in [5.41, 5.74) is 1.27. The van der Waals surface area contributed by atoms with Crippen LogP contribution in [-0.2, 0) is 0 Å². The topological polar surface area (TPSA) is 72.2 Å². The molecule has 2 aromatic rings. The zero-order valence-corrected chi connectivity index (χ0v) is 10.4. The second-order valence-electron chi connectivity index (χ2n) is 4.35. The van der Waals surface area contributed by atoms with Crippen LogP contribution in [0.5, 0.6) is 0 Å². The molecule has 1 N–H and O–H groups in total. The Hall–Kier alpha value is -2.95. The molecule has 5 heteroatoms. The molecular formula is C15H10N2O3.